The van der Waals surface area contributed by atoms with Crippen molar-refractivity contribution < 1.29 is 19.4 Å². The van der Waals surface area contributed by atoms with E-state index in [1.165, 1.54) is 7.11 Å². The van der Waals surface area contributed by atoms with Gasteiger partial charge in [0.25, 0.3) is 0 Å². The second-order valence-electron chi connectivity index (χ2n) is 5.08. The highest BCUT2D eigenvalue weighted by atomic mass is 35.5. The van der Waals surface area contributed by atoms with Crippen LogP contribution < -0.4 is 10.6 Å². The Kier molecular flexibility index (Phi) is 7.31. The number of rotatable bonds is 5. The van der Waals surface area contributed by atoms with Gasteiger partial charge in [-0.3, -0.25) is 4.79 Å². The number of halogens is 1. The lowest BCUT2D eigenvalue weighted by Crippen LogP contribution is -2.41. The van der Waals surface area contributed by atoms with Crippen molar-refractivity contribution in [2.24, 2.45) is 0 Å². The van der Waals surface area contributed by atoms with Crippen molar-refractivity contribution in [3.63, 3.8) is 0 Å². The lowest BCUT2D eigenvalue weighted by Gasteiger charge is -2.11. The molecular formula is C15H21ClN2O4. The summed E-state index contributed by atoms with van der Waals surface area (Å²) >= 11 is 0. The van der Waals surface area contributed by atoms with Gasteiger partial charge in [-0.25, -0.2) is 4.79 Å². The molecule has 1 saturated heterocycles. The topological polar surface area (TPSA) is 87.7 Å². The third kappa shape index (κ3) is 4.98. The van der Waals surface area contributed by atoms with Crippen LogP contribution in [0.25, 0.3) is 0 Å². The van der Waals surface area contributed by atoms with Crippen molar-refractivity contribution in [2.75, 3.05) is 20.2 Å². The first-order chi connectivity index (χ1) is 10.1. The predicted octanol–water partition coefficient (Wildman–Crippen LogP) is 0.276. The molecule has 1 amide bonds. The Labute approximate surface area is 135 Å². The Morgan fingerprint density at radius 2 is 2.05 bits per heavy atom. The molecule has 2 atom stereocenters. The highest BCUT2D eigenvalue weighted by Crippen LogP contribution is 2.07. The molecule has 0 bridgehead atoms. The van der Waals surface area contributed by atoms with Crippen LogP contribution in [0.3, 0.4) is 0 Å². The van der Waals surface area contributed by atoms with Crippen molar-refractivity contribution >= 4 is 24.3 Å². The van der Waals surface area contributed by atoms with Gasteiger partial charge in [-0.1, -0.05) is 12.1 Å². The van der Waals surface area contributed by atoms with Crippen LogP contribution in [0.5, 0.6) is 0 Å². The molecule has 122 valence electrons. The molecule has 1 aromatic rings. The van der Waals surface area contributed by atoms with Crippen LogP contribution in [-0.4, -0.2) is 49.3 Å². The lowest BCUT2D eigenvalue weighted by molar-refractivity contribution is -0.122. The molecule has 1 heterocycles. The third-order valence-corrected chi connectivity index (χ3v) is 3.51. The zero-order valence-corrected chi connectivity index (χ0v) is 13.2. The van der Waals surface area contributed by atoms with Crippen molar-refractivity contribution in [2.45, 2.75) is 25.0 Å². The van der Waals surface area contributed by atoms with Crippen LogP contribution in [0.4, 0.5) is 0 Å². The zero-order valence-electron chi connectivity index (χ0n) is 12.4. The summed E-state index contributed by atoms with van der Waals surface area (Å²) in [7, 11) is 1.35. The number of carbonyl (C=O) groups is 2. The molecule has 2 unspecified atom stereocenters. The number of nitrogens with one attached hydrogen (secondary N) is 2. The summed E-state index contributed by atoms with van der Waals surface area (Å²) in [5.41, 5.74) is 1.54. The van der Waals surface area contributed by atoms with Gasteiger partial charge in [0.1, 0.15) is 0 Å². The number of carbonyl (C=O) groups excluding carboxylic acids is 2. The first kappa shape index (κ1) is 18.4. The minimum absolute atomic E-state index is 0. The Balaban J connectivity index is 0.00000242. The molecule has 2 rings (SSSR count). The van der Waals surface area contributed by atoms with Gasteiger partial charge in [0, 0.05) is 13.1 Å². The number of aliphatic hydroxyl groups is 1. The Morgan fingerprint density at radius 3 is 2.59 bits per heavy atom. The smallest absolute Gasteiger partial charge is 0.337 e. The summed E-state index contributed by atoms with van der Waals surface area (Å²) in [6.45, 7) is 0.984. The van der Waals surface area contributed by atoms with Gasteiger partial charge in [-0.05, 0) is 30.5 Å². The number of aliphatic hydroxyl groups excluding tert-OH is 1. The number of amides is 1. The van der Waals surface area contributed by atoms with Crippen LogP contribution in [0.1, 0.15) is 22.3 Å². The number of β-amino-alcohol motifs (C(OH)–C–C–N with tert-alkyl or cyclic N) is 1. The van der Waals surface area contributed by atoms with Crippen molar-refractivity contribution in [3.05, 3.63) is 35.4 Å². The van der Waals surface area contributed by atoms with E-state index in [9.17, 15) is 14.7 Å². The molecular weight excluding hydrogens is 308 g/mol. The molecule has 6 nitrogen and oxygen atoms in total. The molecule has 22 heavy (non-hydrogen) atoms. The van der Waals surface area contributed by atoms with E-state index in [0.717, 1.165) is 5.56 Å². The maximum Gasteiger partial charge on any atom is 0.337 e. The maximum absolute atomic E-state index is 11.8. The molecule has 0 aromatic heterocycles. The third-order valence-electron chi connectivity index (χ3n) is 3.51. The van der Waals surface area contributed by atoms with E-state index in [-0.39, 0.29) is 30.3 Å². The molecule has 1 aliphatic heterocycles. The molecule has 3 N–H and O–H groups in total. The van der Waals surface area contributed by atoms with Crippen LogP contribution in [0, 0.1) is 0 Å². The van der Waals surface area contributed by atoms with E-state index in [1.807, 2.05) is 12.1 Å². The van der Waals surface area contributed by atoms with E-state index in [2.05, 4.69) is 15.4 Å². The molecule has 0 radical (unpaired) electrons. The first-order valence-electron chi connectivity index (χ1n) is 6.96. The van der Waals surface area contributed by atoms with Gasteiger partial charge in [0.2, 0.25) is 5.91 Å². The van der Waals surface area contributed by atoms with Crippen molar-refractivity contribution in [1.29, 1.82) is 0 Å². The largest absolute Gasteiger partial charge is 0.465 e. The molecule has 1 aliphatic rings. The number of methoxy groups -OCH3 is 1. The molecule has 1 fully saturated rings. The van der Waals surface area contributed by atoms with E-state index in [4.69, 9.17) is 0 Å². The van der Waals surface area contributed by atoms with Crippen LogP contribution in [-0.2, 0) is 16.0 Å². The average molecular weight is 329 g/mol. The average Bonchev–Trinajstić information content (AvgIpc) is 2.94. The number of hydrogen-bond donors (Lipinski definition) is 3. The highest BCUT2D eigenvalue weighted by Gasteiger charge is 2.27. The standard InChI is InChI=1S/C15H20N2O4.ClH/c1-21-15(20)11-4-2-10(3-5-11)6-7-16-14(19)13-8-12(18)9-17-13;/h2-5,12-13,17-18H,6-9H2,1H3,(H,16,19);1H. The second kappa shape index (κ2) is 8.73. The van der Waals surface area contributed by atoms with Crippen LogP contribution in [0.2, 0.25) is 0 Å². The van der Waals surface area contributed by atoms with Crippen LogP contribution >= 0.6 is 12.4 Å². The van der Waals surface area contributed by atoms with E-state index >= 15 is 0 Å². The monoisotopic (exact) mass is 328 g/mol. The highest BCUT2D eigenvalue weighted by molar-refractivity contribution is 5.89. The van der Waals surface area contributed by atoms with Gasteiger partial charge in [-0.2, -0.15) is 0 Å². The zero-order chi connectivity index (χ0) is 15.2. The number of hydrogen-bond acceptors (Lipinski definition) is 5. The maximum atomic E-state index is 11.8. The molecule has 0 aliphatic carbocycles. The van der Waals surface area contributed by atoms with E-state index in [1.54, 1.807) is 12.1 Å². The van der Waals surface area contributed by atoms with Crippen molar-refractivity contribution in [3.8, 4) is 0 Å². The second-order valence-corrected chi connectivity index (χ2v) is 5.08. The summed E-state index contributed by atoms with van der Waals surface area (Å²) in [5.74, 6) is -0.446. The normalized spacial score (nSPS) is 20.1. The summed E-state index contributed by atoms with van der Waals surface area (Å²) in [6, 6.07) is 6.79. The van der Waals surface area contributed by atoms with Crippen LogP contribution in [0.15, 0.2) is 24.3 Å². The fourth-order valence-corrected chi connectivity index (χ4v) is 2.30. The van der Waals surface area contributed by atoms with Gasteiger partial charge in [-0.15, -0.1) is 12.4 Å². The summed E-state index contributed by atoms with van der Waals surface area (Å²) in [6.07, 6.45) is 0.703. The first-order valence-corrected chi connectivity index (χ1v) is 6.96. The van der Waals surface area contributed by atoms with E-state index < -0.39 is 6.10 Å². The number of benzene rings is 1. The Bertz CT molecular complexity index is 507. The summed E-state index contributed by atoms with van der Waals surface area (Å²) in [4.78, 5) is 23.1. The lowest BCUT2D eigenvalue weighted by atomic mass is 10.1. The van der Waals surface area contributed by atoms with Gasteiger partial charge in [0.15, 0.2) is 0 Å². The number of ether oxygens (including phenoxy) is 1. The fourth-order valence-electron chi connectivity index (χ4n) is 2.30. The quantitative estimate of drug-likeness (QED) is 0.676. The summed E-state index contributed by atoms with van der Waals surface area (Å²) < 4.78 is 4.63. The molecule has 0 spiro atoms. The minimum Gasteiger partial charge on any atom is -0.465 e. The van der Waals surface area contributed by atoms with Gasteiger partial charge in [0.05, 0.1) is 24.8 Å². The summed E-state index contributed by atoms with van der Waals surface area (Å²) in [5, 5.41) is 15.2. The predicted molar refractivity (Wildman–Crippen MR) is 84.2 cm³/mol. The van der Waals surface area contributed by atoms with Gasteiger partial charge < -0.3 is 20.5 Å². The minimum atomic E-state index is -0.438. The SMILES string of the molecule is COC(=O)c1ccc(CCNC(=O)C2CC(O)CN2)cc1.Cl. The molecule has 0 saturated carbocycles. The molecule has 1 aromatic carbocycles. The fraction of sp³-hybridized carbons (Fsp3) is 0.467. The Morgan fingerprint density at radius 1 is 1.36 bits per heavy atom. The number of esters is 1. The van der Waals surface area contributed by atoms with E-state index in [0.29, 0.717) is 31.5 Å². The Hall–Kier alpha value is -1.63. The molecule has 7 heteroatoms. The van der Waals surface area contributed by atoms with Crippen molar-refractivity contribution in [1.82, 2.24) is 10.6 Å². The van der Waals surface area contributed by atoms with Gasteiger partial charge >= 0.3 is 5.97 Å².